The molecule has 0 spiro atoms. The van der Waals surface area contributed by atoms with E-state index < -0.39 is 0 Å². The maximum atomic E-state index is 12.8. The second-order valence-electron chi connectivity index (χ2n) is 7.06. The Bertz CT molecular complexity index is 661. The van der Waals surface area contributed by atoms with Crippen LogP contribution in [0.2, 0.25) is 0 Å². The number of imidazole rings is 1. The normalized spacial score (nSPS) is 19.7. The Kier molecular flexibility index (Phi) is 5.02. The number of carbonyl (C=O) groups excluding carboxylic acids is 1. The van der Waals surface area contributed by atoms with E-state index in [1.807, 2.05) is 35.0 Å². The lowest BCUT2D eigenvalue weighted by molar-refractivity contribution is -0.137. The van der Waals surface area contributed by atoms with Crippen molar-refractivity contribution in [2.24, 2.45) is 5.92 Å². The number of aromatic nitrogens is 4. The van der Waals surface area contributed by atoms with Gasteiger partial charge in [-0.25, -0.2) is 4.98 Å². The maximum Gasteiger partial charge on any atom is 0.227 e. The minimum atomic E-state index is -0.0593. The van der Waals surface area contributed by atoms with Crippen LogP contribution in [0.5, 0.6) is 0 Å². The van der Waals surface area contributed by atoms with Crippen LogP contribution in [0, 0.1) is 5.92 Å². The van der Waals surface area contributed by atoms with Crippen LogP contribution in [0.3, 0.4) is 0 Å². The van der Waals surface area contributed by atoms with E-state index in [1.165, 1.54) is 0 Å². The van der Waals surface area contributed by atoms with Crippen LogP contribution in [0.1, 0.15) is 51.4 Å². The summed E-state index contributed by atoms with van der Waals surface area (Å²) in [6, 6.07) is 2.22. The van der Waals surface area contributed by atoms with Gasteiger partial charge in [-0.2, -0.15) is 5.10 Å². The number of rotatable bonds is 5. The minimum Gasteiger partial charge on any atom is -0.340 e. The molecule has 3 rings (SSSR count). The lowest BCUT2D eigenvalue weighted by Crippen LogP contribution is -2.44. The molecule has 2 aromatic rings. The van der Waals surface area contributed by atoms with Gasteiger partial charge in [-0.15, -0.1) is 0 Å². The van der Waals surface area contributed by atoms with Gasteiger partial charge in [0.05, 0.1) is 18.5 Å². The fourth-order valence-electron chi connectivity index (χ4n) is 3.54. The summed E-state index contributed by atoms with van der Waals surface area (Å²) in [6.07, 6.45) is 9.73. The van der Waals surface area contributed by atoms with Gasteiger partial charge in [-0.1, -0.05) is 20.8 Å². The SMILES string of the molecule is CC(C)c1nccn1[C@@H]1CCCN(C(=O)[C@H](C)Cn2cccn2)C1. The number of likely N-dealkylation sites (tertiary alicyclic amines) is 1. The highest BCUT2D eigenvalue weighted by Crippen LogP contribution is 2.26. The molecule has 0 unspecified atom stereocenters. The zero-order chi connectivity index (χ0) is 17.1. The van der Waals surface area contributed by atoms with Gasteiger partial charge in [-0.05, 0) is 18.9 Å². The van der Waals surface area contributed by atoms with E-state index in [0.29, 0.717) is 18.5 Å². The van der Waals surface area contributed by atoms with Crippen LogP contribution < -0.4 is 0 Å². The molecule has 0 bridgehead atoms. The van der Waals surface area contributed by atoms with Crippen molar-refractivity contribution < 1.29 is 4.79 Å². The highest BCUT2D eigenvalue weighted by molar-refractivity contribution is 5.78. The molecular weight excluding hydrogens is 302 g/mol. The molecule has 24 heavy (non-hydrogen) atoms. The second kappa shape index (κ2) is 7.20. The molecule has 1 amide bonds. The van der Waals surface area contributed by atoms with Crippen LogP contribution in [-0.2, 0) is 11.3 Å². The average molecular weight is 329 g/mol. The Hall–Kier alpha value is -2.11. The number of carbonyl (C=O) groups is 1. The van der Waals surface area contributed by atoms with Gasteiger partial charge in [0.2, 0.25) is 5.91 Å². The summed E-state index contributed by atoms with van der Waals surface area (Å²) in [5.41, 5.74) is 0. The van der Waals surface area contributed by atoms with E-state index in [0.717, 1.165) is 31.8 Å². The van der Waals surface area contributed by atoms with Crippen molar-refractivity contribution in [3.63, 3.8) is 0 Å². The Morgan fingerprint density at radius 3 is 2.83 bits per heavy atom. The first-order valence-corrected chi connectivity index (χ1v) is 8.85. The monoisotopic (exact) mass is 329 g/mol. The Morgan fingerprint density at radius 1 is 1.29 bits per heavy atom. The smallest absolute Gasteiger partial charge is 0.227 e. The van der Waals surface area contributed by atoms with E-state index >= 15 is 0 Å². The summed E-state index contributed by atoms with van der Waals surface area (Å²) in [4.78, 5) is 19.3. The third kappa shape index (κ3) is 3.52. The highest BCUT2D eigenvalue weighted by Gasteiger charge is 2.29. The molecule has 1 saturated heterocycles. The summed E-state index contributed by atoms with van der Waals surface area (Å²) in [5.74, 6) is 1.67. The van der Waals surface area contributed by atoms with Crippen molar-refractivity contribution in [2.45, 2.75) is 52.1 Å². The van der Waals surface area contributed by atoms with Crippen LogP contribution in [0.15, 0.2) is 30.9 Å². The summed E-state index contributed by atoms with van der Waals surface area (Å²) >= 11 is 0. The Balaban J connectivity index is 1.66. The van der Waals surface area contributed by atoms with Gasteiger partial charge in [0.1, 0.15) is 5.82 Å². The number of hydrogen-bond donors (Lipinski definition) is 0. The summed E-state index contributed by atoms with van der Waals surface area (Å²) in [7, 11) is 0. The zero-order valence-electron chi connectivity index (χ0n) is 14.8. The highest BCUT2D eigenvalue weighted by atomic mass is 16.2. The number of hydrogen-bond acceptors (Lipinski definition) is 3. The first kappa shape index (κ1) is 16.7. The quantitative estimate of drug-likeness (QED) is 0.847. The molecule has 0 aliphatic carbocycles. The predicted molar refractivity (Wildman–Crippen MR) is 92.6 cm³/mol. The van der Waals surface area contributed by atoms with E-state index in [1.54, 1.807) is 6.20 Å². The number of piperidine rings is 1. The molecule has 0 saturated carbocycles. The Labute approximate surface area is 143 Å². The summed E-state index contributed by atoms with van der Waals surface area (Å²) in [6.45, 7) is 8.58. The van der Waals surface area contributed by atoms with E-state index in [9.17, 15) is 4.79 Å². The molecule has 3 heterocycles. The molecule has 2 aromatic heterocycles. The van der Waals surface area contributed by atoms with Gasteiger partial charge in [0, 0.05) is 43.8 Å². The lowest BCUT2D eigenvalue weighted by Gasteiger charge is -2.35. The Morgan fingerprint density at radius 2 is 2.12 bits per heavy atom. The third-order valence-electron chi connectivity index (χ3n) is 4.76. The van der Waals surface area contributed by atoms with Crippen molar-refractivity contribution >= 4 is 5.91 Å². The predicted octanol–water partition coefficient (Wildman–Crippen LogP) is 2.70. The standard InChI is InChI=1S/C18H27N5O/c1-14(2)17-19-8-11-23(17)16-6-4-9-21(13-16)18(24)15(3)12-22-10-5-7-20-22/h5,7-8,10-11,14-16H,4,6,9,12-13H2,1-3H3/t15-,16-/m1/s1. The molecule has 0 N–H and O–H groups in total. The van der Waals surface area contributed by atoms with Crippen LogP contribution in [0.25, 0.3) is 0 Å². The van der Waals surface area contributed by atoms with Crippen molar-refractivity contribution in [2.75, 3.05) is 13.1 Å². The fourth-order valence-corrected chi connectivity index (χ4v) is 3.54. The first-order chi connectivity index (χ1) is 11.6. The van der Waals surface area contributed by atoms with Crippen molar-refractivity contribution in [3.8, 4) is 0 Å². The number of nitrogens with zero attached hydrogens (tertiary/aromatic N) is 5. The van der Waals surface area contributed by atoms with Gasteiger partial charge >= 0.3 is 0 Å². The number of amides is 1. The van der Waals surface area contributed by atoms with Crippen molar-refractivity contribution in [1.82, 2.24) is 24.2 Å². The van der Waals surface area contributed by atoms with Gasteiger partial charge in [0.25, 0.3) is 0 Å². The molecule has 1 aliphatic rings. The van der Waals surface area contributed by atoms with Crippen LogP contribution in [0.4, 0.5) is 0 Å². The molecule has 1 fully saturated rings. The molecular formula is C18H27N5O. The molecule has 2 atom stereocenters. The molecule has 6 nitrogen and oxygen atoms in total. The minimum absolute atomic E-state index is 0.0593. The van der Waals surface area contributed by atoms with Crippen molar-refractivity contribution in [1.29, 1.82) is 0 Å². The fraction of sp³-hybridized carbons (Fsp3) is 0.611. The van der Waals surface area contributed by atoms with Gasteiger partial charge in [-0.3, -0.25) is 9.48 Å². The molecule has 0 radical (unpaired) electrons. The lowest BCUT2D eigenvalue weighted by atomic mass is 10.0. The molecule has 0 aromatic carbocycles. The second-order valence-corrected chi connectivity index (χ2v) is 7.06. The van der Waals surface area contributed by atoms with Crippen molar-refractivity contribution in [3.05, 3.63) is 36.7 Å². The maximum absolute atomic E-state index is 12.8. The topological polar surface area (TPSA) is 56.0 Å². The van der Waals surface area contributed by atoms with Crippen LogP contribution in [-0.4, -0.2) is 43.2 Å². The summed E-state index contributed by atoms with van der Waals surface area (Å²) in [5, 5.41) is 4.20. The van der Waals surface area contributed by atoms with Crippen LogP contribution >= 0.6 is 0 Å². The van der Waals surface area contributed by atoms with E-state index in [4.69, 9.17) is 0 Å². The molecule has 1 aliphatic heterocycles. The van der Waals surface area contributed by atoms with E-state index in [-0.39, 0.29) is 11.8 Å². The van der Waals surface area contributed by atoms with Gasteiger partial charge < -0.3 is 9.47 Å². The first-order valence-electron chi connectivity index (χ1n) is 8.85. The zero-order valence-corrected chi connectivity index (χ0v) is 14.8. The molecule has 130 valence electrons. The average Bonchev–Trinajstić information content (AvgIpc) is 3.25. The van der Waals surface area contributed by atoms with E-state index in [2.05, 4.69) is 34.7 Å². The largest absolute Gasteiger partial charge is 0.340 e. The third-order valence-corrected chi connectivity index (χ3v) is 4.76. The molecule has 6 heteroatoms. The van der Waals surface area contributed by atoms with Gasteiger partial charge in [0.15, 0.2) is 0 Å². The summed E-state index contributed by atoms with van der Waals surface area (Å²) < 4.78 is 4.10.